The average molecular weight is 314 g/mol. The van der Waals surface area contributed by atoms with Crippen molar-refractivity contribution in [3.8, 4) is 0 Å². The second-order valence-electron chi connectivity index (χ2n) is 5.39. The van der Waals surface area contributed by atoms with Crippen molar-refractivity contribution in [1.29, 1.82) is 0 Å². The van der Waals surface area contributed by atoms with Gasteiger partial charge in [-0.2, -0.15) is 0 Å². The van der Waals surface area contributed by atoms with Crippen LogP contribution in [0.1, 0.15) is 56.9 Å². The van der Waals surface area contributed by atoms with E-state index in [1.165, 1.54) is 44.1 Å². The molecule has 0 heterocycles. The van der Waals surface area contributed by atoms with Crippen LogP contribution in [0.25, 0.3) is 0 Å². The Balaban J connectivity index is 1.82. The molecule has 4 nitrogen and oxygen atoms in total. The van der Waals surface area contributed by atoms with Gasteiger partial charge in [-0.25, -0.2) is 4.57 Å². The number of unbranched alkanes of at least 4 members (excludes halogenated alkanes) is 7. The van der Waals surface area contributed by atoms with E-state index in [0.717, 1.165) is 19.3 Å². The first-order valence-corrected chi connectivity index (χ1v) is 9.35. The van der Waals surface area contributed by atoms with Crippen molar-refractivity contribution in [3.05, 3.63) is 35.9 Å². The SMILES string of the molecule is O=P(O)(O)OCCCCCCCCCCc1ccccc1. The van der Waals surface area contributed by atoms with Gasteiger partial charge < -0.3 is 9.79 Å². The zero-order valence-corrected chi connectivity index (χ0v) is 13.5. The van der Waals surface area contributed by atoms with E-state index in [4.69, 9.17) is 9.79 Å². The predicted molar refractivity (Wildman–Crippen MR) is 85.1 cm³/mol. The molecule has 0 amide bonds. The fourth-order valence-corrected chi connectivity index (χ4v) is 2.69. The minimum Gasteiger partial charge on any atom is -0.303 e. The van der Waals surface area contributed by atoms with Crippen molar-refractivity contribution < 1.29 is 18.9 Å². The number of hydrogen-bond acceptors (Lipinski definition) is 2. The van der Waals surface area contributed by atoms with Crippen molar-refractivity contribution in [3.63, 3.8) is 0 Å². The van der Waals surface area contributed by atoms with E-state index in [2.05, 4.69) is 34.9 Å². The summed E-state index contributed by atoms with van der Waals surface area (Å²) in [4.78, 5) is 17.0. The van der Waals surface area contributed by atoms with E-state index in [1.54, 1.807) is 0 Å². The lowest BCUT2D eigenvalue weighted by Crippen LogP contribution is -1.92. The van der Waals surface area contributed by atoms with E-state index in [9.17, 15) is 4.57 Å². The lowest BCUT2D eigenvalue weighted by molar-refractivity contribution is 0.193. The summed E-state index contributed by atoms with van der Waals surface area (Å²) in [6.45, 7) is 0.154. The molecule has 5 heteroatoms. The monoisotopic (exact) mass is 314 g/mol. The Kier molecular flexibility index (Phi) is 9.60. The van der Waals surface area contributed by atoms with Crippen molar-refractivity contribution in [2.45, 2.75) is 57.8 Å². The van der Waals surface area contributed by atoms with E-state index in [0.29, 0.717) is 0 Å². The first-order valence-electron chi connectivity index (χ1n) is 7.82. The maximum atomic E-state index is 10.4. The summed E-state index contributed by atoms with van der Waals surface area (Å²) in [5.74, 6) is 0. The van der Waals surface area contributed by atoms with Crippen molar-refractivity contribution in [2.24, 2.45) is 0 Å². The Hall–Kier alpha value is -0.670. The van der Waals surface area contributed by atoms with Crippen molar-refractivity contribution in [2.75, 3.05) is 6.61 Å². The molecule has 0 bridgehead atoms. The summed E-state index contributed by atoms with van der Waals surface area (Å²) in [6.07, 6.45) is 10.2. The molecule has 2 N–H and O–H groups in total. The fourth-order valence-electron chi connectivity index (χ4n) is 2.32. The van der Waals surface area contributed by atoms with E-state index >= 15 is 0 Å². The summed E-state index contributed by atoms with van der Waals surface area (Å²) in [5.41, 5.74) is 1.42. The third-order valence-corrected chi connectivity index (χ3v) is 3.98. The van der Waals surface area contributed by atoms with Gasteiger partial charge in [-0.05, 0) is 24.8 Å². The smallest absolute Gasteiger partial charge is 0.303 e. The fraction of sp³-hybridized carbons (Fsp3) is 0.625. The molecule has 0 aliphatic carbocycles. The lowest BCUT2D eigenvalue weighted by atomic mass is 10.0. The molecular formula is C16H27O4P. The van der Waals surface area contributed by atoms with Crippen LogP contribution in [-0.4, -0.2) is 16.4 Å². The molecule has 0 aliphatic rings. The first kappa shape index (κ1) is 18.4. The largest absolute Gasteiger partial charge is 0.469 e. The summed E-state index contributed by atoms with van der Waals surface area (Å²) in [7, 11) is -4.27. The predicted octanol–water partition coefficient (Wildman–Crippen LogP) is 4.46. The molecule has 1 aromatic carbocycles. The zero-order chi connectivity index (χ0) is 15.4. The molecule has 0 saturated heterocycles. The molecule has 120 valence electrons. The first-order chi connectivity index (χ1) is 10.1. The van der Waals surface area contributed by atoms with Crippen LogP contribution < -0.4 is 0 Å². The van der Waals surface area contributed by atoms with E-state index in [-0.39, 0.29) is 6.61 Å². The van der Waals surface area contributed by atoms with Gasteiger partial charge in [0.2, 0.25) is 0 Å². The molecule has 0 fully saturated rings. The van der Waals surface area contributed by atoms with Crippen LogP contribution in [-0.2, 0) is 15.5 Å². The summed E-state index contributed by atoms with van der Waals surface area (Å²) in [5, 5.41) is 0. The van der Waals surface area contributed by atoms with Gasteiger partial charge >= 0.3 is 7.82 Å². The van der Waals surface area contributed by atoms with Gasteiger partial charge in [0.1, 0.15) is 0 Å². The Morgan fingerprint density at radius 3 is 1.90 bits per heavy atom. The number of benzene rings is 1. The van der Waals surface area contributed by atoms with Crippen LogP contribution in [0.4, 0.5) is 0 Å². The third-order valence-electron chi connectivity index (χ3n) is 3.46. The molecular weight excluding hydrogens is 287 g/mol. The highest BCUT2D eigenvalue weighted by molar-refractivity contribution is 7.46. The van der Waals surface area contributed by atoms with Crippen LogP contribution in [0.5, 0.6) is 0 Å². The highest BCUT2D eigenvalue weighted by Crippen LogP contribution is 2.35. The Morgan fingerprint density at radius 1 is 0.810 bits per heavy atom. The summed E-state index contributed by atoms with van der Waals surface area (Å²) in [6, 6.07) is 10.6. The topological polar surface area (TPSA) is 66.8 Å². The average Bonchev–Trinajstić information content (AvgIpc) is 2.44. The van der Waals surface area contributed by atoms with Crippen LogP contribution in [0.15, 0.2) is 30.3 Å². The van der Waals surface area contributed by atoms with Crippen LogP contribution in [0.3, 0.4) is 0 Å². The number of rotatable bonds is 12. The summed E-state index contributed by atoms with van der Waals surface area (Å²) < 4.78 is 14.8. The molecule has 0 aliphatic heterocycles. The highest BCUT2D eigenvalue weighted by atomic mass is 31.2. The van der Waals surface area contributed by atoms with Gasteiger partial charge in [0.05, 0.1) is 6.61 Å². The van der Waals surface area contributed by atoms with Crippen LogP contribution in [0.2, 0.25) is 0 Å². The van der Waals surface area contributed by atoms with Gasteiger partial charge in [-0.3, -0.25) is 4.52 Å². The highest BCUT2D eigenvalue weighted by Gasteiger charge is 2.12. The summed E-state index contributed by atoms with van der Waals surface area (Å²) >= 11 is 0. The van der Waals surface area contributed by atoms with Gasteiger partial charge in [0, 0.05) is 0 Å². The molecule has 21 heavy (non-hydrogen) atoms. The van der Waals surface area contributed by atoms with Crippen molar-refractivity contribution in [1.82, 2.24) is 0 Å². The van der Waals surface area contributed by atoms with Crippen molar-refractivity contribution >= 4 is 7.82 Å². The van der Waals surface area contributed by atoms with E-state index in [1.807, 2.05) is 0 Å². The normalized spacial score (nSPS) is 11.7. The molecule has 0 radical (unpaired) electrons. The molecule has 0 spiro atoms. The van der Waals surface area contributed by atoms with Crippen LogP contribution in [0, 0.1) is 0 Å². The standard InChI is InChI=1S/C16H27O4P/c17-21(18,19)20-15-11-6-4-2-1-3-5-8-12-16-13-9-7-10-14-16/h7,9-10,13-14H,1-6,8,11-12,15H2,(H2,17,18,19). The van der Waals surface area contributed by atoms with E-state index < -0.39 is 7.82 Å². The molecule has 0 unspecified atom stereocenters. The minimum atomic E-state index is -4.27. The number of phosphoric ester groups is 1. The quantitative estimate of drug-likeness (QED) is 0.441. The maximum Gasteiger partial charge on any atom is 0.469 e. The van der Waals surface area contributed by atoms with Crippen LogP contribution >= 0.6 is 7.82 Å². The molecule has 0 atom stereocenters. The minimum absolute atomic E-state index is 0.154. The molecule has 1 aromatic rings. The second kappa shape index (κ2) is 11.0. The van der Waals surface area contributed by atoms with Gasteiger partial charge in [0.25, 0.3) is 0 Å². The molecule has 1 rings (SSSR count). The Morgan fingerprint density at radius 2 is 1.33 bits per heavy atom. The van der Waals surface area contributed by atoms with Gasteiger partial charge in [-0.1, -0.05) is 68.9 Å². The van der Waals surface area contributed by atoms with Gasteiger partial charge in [-0.15, -0.1) is 0 Å². The Bertz CT molecular complexity index is 402. The third kappa shape index (κ3) is 11.6. The second-order valence-corrected chi connectivity index (χ2v) is 6.63. The number of aryl methyl sites for hydroxylation is 1. The molecule has 0 saturated carbocycles. The number of phosphoric acid groups is 1. The lowest BCUT2D eigenvalue weighted by Gasteiger charge is -2.05. The molecule has 0 aromatic heterocycles. The zero-order valence-electron chi connectivity index (χ0n) is 12.6. The maximum absolute atomic E-state index is 10.4. The number of hydrogen-bond donors (Lipinski definition) is 2. The van der Waals surface area contributed by atoms with Gasteiger partial charge in [0.15, 0.2) is 0 Å². The Labute approximate surface area is 127 Å².